The monoisotopic (exact) mass is 1960 g/mol. The quantitative estimate of drug-likeness (QED) is 0.0267. The summed E-state index contributed by atoms with van der Waals surface area (Å²) in [6.45, 7) is 31.1. The van der Waals surface area contributed by atoms with E-state index in [-0.39, 0.29) is 18.4 Å². The number of nitrogens with zero attached hydrogens (tertiary/aromatic N) is 18. The number of benzene rings is 4. The fourth-order valence-corrected chi connectivity index (χ4v) is 23.8. The highest BCUT2D eigenvalue weighted by Gasteiger charge is 2.35. The smallest absolute Gasteiger partial charge is 0.326 e. The van der Waals surface area contributed by atoms with E-state index in [1.807, 2.05) is 79.6 Å². The number of aromatic nitrogens is 12. The zero-order chi connectivity index (χ0) is 100. The van der Waals surface area contributed by atoms with Crippen LogP contribution in [0.2, 0.25) is 0 Å². The lowest BCUT2D eigenvalue weighted by atomic mass is 9.90. The van der Waals surface area contributed by atoms with Crippen LogP contribution in [-0.4, -0.2) is 190 Å². The molecule has 2 saturated heterocycles. The molecule has 16 aromatic rings. The molecule has 23 nitrogen and oxygen atoms in total. The third-order valence-electron chi connectivity index (χ3n) is 31.2. The number of ether oxygens (including phenoxy) is 3. The first-order valence-corrected chi connectivity index (χ1v) is 55.1. The molecular weight excluding hydrogens is 1810 g/mol. The highest BCUT2D eigenvalue weighted by atomic mass is 16.6. The normalized spacial score (nSPS) is 17.1. The first kappa shape index (κ1) is 103. The molecule has 4 aromatic carbocycles. The Kier molecular flexibility index (Phi) is 34.5. The van der Waals surface area contributed by atoms with Crippen LogP contribution < -0.4 is 0 Å². The SMILES string of the molecule is CCCCCN(Cc1cc2c3ccccc3n(C)c2cn1)[C@H]1CCCc2cccnc21.CCCCCN(Cc1cc2c3ccccc3n(CC(=O)N3CCOCC3)c2cn1)[C@H]1CCCc2cccnc21.CCCCCN(Cc1cc2c3ccccc3n(CC(=O)OC(C)(C)C)c2cn1)[C@H]1CCCc2cccnc21.CCCCCN(Cc1cc2c3ccccc3n(CCN3CCOCC3)c2cn1)[C@H]1CCCc2cccnc21. The number of hydrogen-bond donors (Lipinski definition) is 0. The minimum absolute atomic E-state index is 0.135. The standard InChI is InChI=1S/C32H39N5O2.C32H41N5O.C32H40N4O2.C27H32N4/c1-2-3-6-15-36(29-13-7-9-24-10-8-14-33-32(24)29)22-25-20-27-26-11-4-5-12-28(26)37(30(27)21-34-25)23-31(38)35-16-18-39-19-17-35;1-2-3-6-15-36(30-13-7-9-25-10-8-14-33-32(25)30)24-26-22-28-27-11-4-5-12-29(27)37(31(28)23-34-26)17-16-35-18-20-38-21-19-35;1-5-6-9-18-35(28-16-10-12-23-13-11-17-33-31(23)28)21-24-19-26-25-14-7-8-15-27(25)36(29(26)20-34-24)22-30(37)38-32(2,3)4;1-3-4-7-16-31(25-14-8-10-20-11-9-15-28-27(20)25)19-21-17-23-22-12-5-6-13-24(22)30(2)26(23)18-29-21/h4-5,8,10-12,14,20-21,29H,2-3,6-7,9,13,15-19,22-23H2,1H3;4-5,8,10-12,14,22-23,30H,2-3,6-7,9,13,15-21,24H2,1H3;7-8,11,13-15,17,19-20,28H,5-6,9-10,12,16,18,21-22H2,1-4H3;5-6,9,11-13,15,17-18,25H,3-4,7-8,10,14,16,19H2,1-2H3/t29-;30-;28-;25-/m0000/s1. The van der Waals surface area contributed by atoms with Crippen molar-refractivity contribution < 1.29 is 23.8 Å². The number of para-hydroxylation sites is 4. The Hall–Kier alpha value is -12.1. The van der Waals surface area contributed by atoms with Crippen LogP contribution in [0.3, 0.4) is 0 Å². The van der Waals surface area contributed by atoms with E-state index in [0.29, 0.717) is 57.0 Å². The van der Waals surface area contributed by atoms with E-state index in [4.69, 9.17) is 54.1 Å². The van der Waals surface area contributed by atoms with Gasteiger partial charge in [0.05, 0.1) is 143 Å². The summed E-state index contributed by atoms with van der Waals surface area (Å²) < 4.78 is 25.5. The minimum Gasteiger partial charge on any atom is -0.459 e. The number of carbonyl (C=O) groups is 2. The van der Waals surface area contributed by atoms with Crippen molar-refractivity contribution in [2.75, 3.05) is 85.3 Å². The lowest BCUT2D eigenvalue weighted by Gasteiger charge is -2.35. The minimum atomic E-state index is -0.519. The Morgan fingerprint density at radius 3 is 1.03 bits per heavy atom. The summed E-state index contributed by atoms with van der Waals surface area (Å²) in [5, 5.41) is 9.87. The van der Waals surface area contributed by atoms with Crippen LogP contribution >= 0.6 is 0 Å². The summed E-state index contributed by atoms with van der Waals surface area (Å²) in [4.78, 5) is 80.1. The Morgan fingerprint density at radius 2 is 0.664 bits per heavy atom. The lowest BCUT2D eigenvalue weighted by molar-refractivity contribution is -0.155. The maximum absolute atomic E-state index is 13.2. The van der Waals surface area contributed by atoms with Crippen molar-refractivity contribution in [2.45, 2.75) is 278 Å². The van der Waals surface area contributed by atoms with Gasteiger partial charge in [0.2, 0.25) is 5.91 Å². The van der Waals surface area contributed by atoms with Gasteiger partial charge >= 0.3 is 5.97 Å². The summed E-state index contributed by atoms with van der Waals surface area (Å²) in [5.74, 6) is -0.106. The largest absolute Gasteiger partial charge is 0.459 e. The summed E-state index contributed by atoms with van der Waals surface area (Å²) in [6.07, 6.45) is 44.6. The van der Waals surface area contributed by atoms with Crippen molar-refractivity contribution in [2.24, 2.45) is 7.05 Å². The van der Waals surface area contributed by atoms with Crippen LogP contribution in [0.4, 0.5) is 0 Å². The zero-order valence-corrected chi connectivity index (χ0v) is 87.8. The van der Waals surface area contributed by atoms with Crippen LogP contribution in [0.25, 0.3) is 87.2 Å². The van der Waals surface area contributed by atoms with Crippen LogP contribution in [0.5, 0.6) is 0 Å². The summed E-state index contributed by atoms with van der Waals surface area (Å²) >= 11 is 0. The van der Waals surface area contributed by atoms with Gasteiger partial charge < -0.3 is 37.4 Å². The number of morpholine rings is 2. The molecule has 1 amide bonds. The van der Waals surface area contributed by atoms with Gasteiger partial charge in [-0.2, -0.15) is 0 Å². The van der Waals surface area contributed by atoms with Crippen molar-refractivity contribution in [3.8, 4) is 0 Å². The summed E-state index contributed by atoms with van der Waals surface area (Å²) in [5.41, 5.74) is 23.7. The predicted molar refractivity (Wildman–Crippen MR) is 590 cm³/mol. The summed E-state index contributed by atoms with van der Waals surface area (Å²) in [7, 11) is 2.13. The third-order valence-corrected chi connectivity index (χ3v) is 31.2. The molecule has 0 radical (unpaired) electrons. The zero-order valence-electron chi connectivity index (χ0n) is 87.8. The number of hydrogen-bond acceptors (Lipinski definition) is 18. The highest BCUT2D eigenvalue weighted by molar-refractivity contribution is 6.11. The van der Waals surface area contributed by atoms with Gasteiger partial charge in [0.1, 0.15) is 18.7 Å². The number of aryl methyl sites for hydroxylation is 5. The predicted octanol–water partition coefficient (Wildman–Crippen LogP) is 24.7. The molecule has 0 N–H and O–H groups in total. The van der Waals surface area contributed by atoms with Crippen LogP contribution in [0.1, 0.15) is 269 Å². The van der Waals surface area contributed by atoms with Crippen molar-refractivity contribution in [1.29, 1.82) is 0 Å². The van der Waals surface area contributed by atoms with Crippen molar-refractivity contribution in [3.05, 3.63) is 287 Å². The molecule has 23 heteroatoms. The van der Waals surface area contributed by atoms with Gasteiger partial charge in [0.15, 0.2) is 0 Å². The average molecular weight is 1960 g/mol. The molecule has 764 valence electrons. The number of unbranched alkanes of at least 4 members (excludes halogenated alkanes) is 8. The van der Waals surface area contributed by atoms with Gasteiger partial charge in [-0.15, -0.1) is 0 Å². The fourth-order valence-electron chi connectivity index (χ4n) is 23.8. The molecule has 0 spiro atoms. The van der Waals surface area contributed by atoms with Gasteiger partial charge in [-0.3, -0.25) is 74.0 Å². The highest BCUT2D eigenvalue weighted by Crippen LogP contribution is 2.43. The molecule has 2 aliphatic heterocycles. The van der Waals surface area contributed by atoms with Gasteiger partial charge in [-0.1, -0.05) is 176 Å². The van der Waals surface area contributed by atoms with Crippen LogP contribution in [0, 0.1) is 0 Å². The van der Waals surface area contributed by atoms with E-state index in [1.165, 1.54) is 215 Å². The number of rotatable bonds is 35. The van der Waals surface area contributed by atoms with Gasteiger partial charge in [-0.05, 0) is 245 Å². The number of pyridine rings is 8. The van der Waals surface area contributed by atoms with E-state index < -0.39 is 5.60 Å². The second-order valence-corrected chi connectivity index (χ2v) is 42.3. The maximum Gasteiger partial charge on any atom is 0.326 e. The Morgan fingerprint density at radius 1 is 0.349 bits per heavy atom. The lowest BCUT2D eigenvalue weighted by Crippen LogP contribution is -2.42. The second kappa shape index (κ2) is 49.2. The Labute approximate surface area is 862 Å². The summed E-state index contributed by atoms with van der Waals surface area (Å²) in [6, 6.07) is 62.1. The van der Waals surface area contributed by atoms with Crippen LogP contribution in [-0.2, 0) is 102 Å². The molecular formula is C123H152N18O5. The van der Waals surface area contributed by atoms with Crippen molar-refractivity contribution >= 4 is 99.1 Å². The molecule has 0 bridgehead atoms. The van der Waals surface area contributed by atoms with E-state index >= 15 is 0 Å². The number of esters is 1. The molecule has 0 saturated carbocycles. The van der Waals surface area contributed by atoms with Crippen LogP contribution in [0.15, 0.2) is 219 Å². The Balaban J connectivity index is 0.000000123. The average Bonchev–Trinajstić information content (AvgIpc) is 1.61. The molecule has 2 fully saturated rings. The number of fused-ring (bicyclic) bond motifs is 16. The topological polar surface area (TPSA) is 204 Å². The first-order chi connectivity index (χ1) is 71.6. The van der Waals surface area contributed by atoms with E-state index in [9.17, 15) is 9.59 Å². The van der Waals surface area contributed by atoms with E-state index in [1.54, 1.807) is 0 Å². The Bertz CT molecular complexity index is 7080. The molecule has 14 heterocycles. The molecule has 12 aromatic heterocycles. The van der Waals surface area contributed by atoms with Gasteiger partial charge in [0, 0.05) is 162 Å². The van der Waals surface area contributed by atoms with Crippen molar-refractivity contribution in [3.63, 3.8) is 0 Å². The molecule has 4 atom stereocenters. The molecule has 6 aliphatic rings. The van der Waals surface area contributed by atoms with Gasteiger partial charge in [0.25, 0.3) is 0 Å². The number of carbonyl (C=O) groups excluding carboxylic acids is 2. The molecule has 22 rings (SSSR count). The maximum atomic E-state index is 13.2. The first-order valence-electron chi connectivity index (χ1n) is 55.1. The fraction of sp³-hybridized carbons (Fsp3) is 0.463. The second-order valence-electron chi connectivity index (χ2n) is 42.3. The number of amides is 1. The molecule has 0 unspecified atom stereocenters. The van der Waals surface area contributed by atoms with E-state index in [2.05, 4.69) is 243 Å². The van der Waals surface area contributed by atoms with Gasteiger partial charge in [-0.25, -0.2) is 0 Å². The van der Waals surface area contributed by atoms with E-state index in [0.717, 1.165) is 186 Å². The molecule has 4 aliphatic carbocycles. The molecule has 146 heavy (non-hydrogen) atoms. The third kappa shape index (κ3) is 24.2. The van der Waals surface area contributed by atoms with Crippen molar-refractivity contribution in [1.82, 2.24) is 87.5 Å².